The molecule has 0 aromatic heterocycles. The third-order valence-corrected chi connectivity index (χ3v) is 4.04. The van der Waals surface area contributed by atoms with Crippen LogP contribution in [0.15, 0.2) is 24.3 Å². The van der Waals surface area contributed by atoms with Gasteiger partial charge in [-0.25, -0.2) is 0 Å². The average Bonchev–Trinajstić information content (AvgIpc) is 2.37. The van der Waals surface area contributed by atoms with E-state index in [1.54, 1.807) is 7.11 Å². The Morgan fingerprint density at radius 1 is 1.16 bits per heavy atom. The fourth-order valence-electron chi connectivity index (χ4n) is 2.93. The Kier molecular flexibility index (Phi) is 4.04. The van der Waals surface area contributed by atoms with Crippen LogP contribution >= 0.6 is 0 Å². The molecule has 0 radical (unpaired) electrons. The van der Waals surface area contributed by atoms with E-state index in [1.165, 1.54) is 5.69 Å². The lowest BCUT2D eigenvalue weighted by Crippen LogP contribution is -2.60. The first-order chi connectivity index (χ1) is 8.95. The van der Waals surface area contributed by atoms with E-state index in [1.807, 2.05) is 12.1 Å². The SMILES string of the molecule is COc1ccccc1N1CCN(C(C)C)CC1(C)C. The minimum absolute atomic E-state index is 0.122. The number of hydrogen-bond donors (Lipinski definition) is 0. The molecular weight excluding hydrogens is 236 g/mol. The summed E-state index contributed by atoms with van der Waals surface area (Å²) in [5, 5.41) is 0. The second kappa shape index (κ2) is 5.41. The van der Waals surface area contributed by atoms with Crippen molar-refractivity contribution in [2.24, 2.45) is 0 Å². The number of methoxy groups -OCH3 is 1. The molecule has 2 rings (SSSR count). The summed E-state index contributed by atoms with van der Waals surface area (Å²) in [4.78, 5) is 5.02. The van der Waals surface area contributed by atoms with Crippen LogP contribution in [0, 0.1) is 0 Å². The van der Waals surface area contributed by atoms with Gasteiger partial charge in [0.2, 0.25) is 0 Å². The molecule has 1 fully saturated rings. The minimum atomic E-state index is 0.122. The number of para-hydroxylation sites is 2. The number of rotatable bonds is 3. The summed E-state index contributed by atoms with van der Waals surface area (Å²) in [6, 6.07) is 8.92. The molecule has 1 saturated heterocycles. The number of benzene rings is 1. The molecule has 0 amide bonds. The number of ether oxygens (including phenoxy) is 1. The fourth-order valence-corrected chi connectivity index (χ4v) is 2.93. The monoisotopic (exact) mass is 262 g/mol. The van der Waals surface area contributed by atoms with Crippen molar-refractivity contribution < 1.29 is 4.74 Å². The molecule has 0 spiro atoms. The van der Waals surface area contributed by atoms with Crippen molar-refractivity contribution in [2.45, 2.75) is 39.3 Å². The van der Waals surface area contributed by atoms with E-state index in [9.17, 15) is 0 Å². The lowest BCUT2D eigenvalue weighted by Gasteiger charge is -2.50. The van der Waals surface area contributed by atoms with Gasteiger partial charge in [0.25, 0.3) is 0 Å². The number of nitrogens with zero attached hydrogens (tertiary/aromatic N) is 2. The van der Waals surface area contributed by atoms with Gasteiger partial charge in [-0.15, -0.1) is 0 Å². The molecule has 0 atom stereocenters. The first-order valence-electron chi connectivity index (χ1n) is 7.10. The average molecular weight is 262 g/mol. The first kappa shape index (κ1) is 14.2. The van der Waals surface area contributed by atoms with Gasteiger partial charge >= 0.3 is 0 Å². The van der Waals surface area contributed by atoms with Crippen LogP contribution in [0.2, 0.25) is 0 Å². The Hall–Kier alpha value is -1.22. The zero-order valence-electron chi connectivity index (χ0n) is 12.8. The van der Waals surface area contributed by atoms with Gasteiger partial charge in [0.15, 0.2) is 0 Å². The molecular formula is C16H26N2O. The van der Waals surface area contributed by atoms with Gasteiger partial charge in [-0.1, -0.05) is 12.1 Å². The van der Waals surface area contributed by atoms with Crippen LogP contribution in [0.5, 0.6) is 5.75 Å². The van der Waals surface area contributed by atoms with Crippen molar-refractivity contribution >= 4 is 5.69 Å². The standard InChI is InChI=1S/C16H26N2O/c1-13(2)17-10-11-18(16(3,4)12-17)14-8-6-7-9-15(14)19-5/h6-9,13H,10-12H2,1-5H3. The quantitative estimate of drug-likeness (QED) is 0.833. The molecule has 0 bridgehead atoms. The second-order valence-electron chi connectivity index (χ2n) is 6.20. The van der Waals surface area contributed by atoms with Crippen LogP contribution in [0.25, 0.3) is 0 Å². The van der Waals surface area contributed by atoms with E-state index >= 15 is 0 Å². The molecule has 1 aromatic carbocycles. The van der Waals surface area contributed by atoms with Crippen LogP contribution in [-0.4, -0.2) is 43.2 Å². The number of hydrogen-bond acceptors (Lipinski definition) is 3. The second-order valence-corrected chi connectivity index (χ2v) is 6.20. The molecule has 0 N–H and O–H groups in total. The largest absolute Gasteiger partial charge is 0.495 e. The molecule has 1 aliphatic heterocycles. The fraction of sp³-hybridized carbons (Fsp3) is 0.625. The lowest BCUT2D eigenvalue weighted by molar-refractivity contribution is 0.147. The zero-order valence-corrected chi connectivity index (χ0v) is 12.8. The summed E-state index contributed by atoms with van der Waals surface area (Å²) < 4.78 is 5.51. The van der Waals surface area contributed by atoms with Crippen molar-refractivity contribution in [3.8, 4) is 5.75 Å². The number of anilines is 1. The van der Waals surface area contributed by atoms with Crippen molar-refractivity contribution in [3.63, 3.8) is 0 Å². The molecule has 1 aliphatic rings. The molecule has 1 aromatic rings. The number of piperazine rings is 1. The summed E-state index contributed by atoms with van der Waals surface area (Å²) in [7, 11) is 1.75. The van der Waals surface area contributed by atoms with Crippen molar-refractivity contribution in [1.82, 2.24) is 4.90 Å². The van der Waals surface area contributed by atoms with E-state index in [-0.39, 0.29) is 5.54 Å². The first-order valence-corrected chi connectivity index (χ1v) is 7.10. The van der Waals surface area contributed by atoms with Crippen LogP contribution in [0.4, 0.5) is 5.69 Å². The Balaban J connectivity index is 2.26. The highest BCUT2D eigenvalue weighted by Crippen LogP contribution is 2.35. The van der Waals surface area contributed by atoms with Gasteiger partial charge in [0.1, 0.15) is 5.75 Å². The van der Waals surface area contributed by atoms with E-state index in [0.717, 1.165) is 25.4 Å². The van der Waals surface area contributed by atoms with Crippen LogP contribution in [0.3, 0.4) is 0 Å². The Morgan fingerprint density at radius 3 is 2.42 bits per heavy atom. The van der Waals surface area contributed by atoms with Crippen LogP contribution in [-0.2, 0) is 0 Å². The molecule has 19 heavy (non-hydrogen) atoms. The third-order valence-electron chi connectivity index (χ3n) is 4.04. The van der Waals surface area contributed by atoms with Gasteiger partial charge < -0.3 is 9.64 Å². The highest BCUT2D eigenvalue weighted by atomic mass is 16.5. The maximum Gasteiger partial charge on any atom is 0.142 e. The summed E-state index contributed by atoms with van der Waals surface area (Å²) in [6.45, 7) is 12.4. The topological polar surface area (TPSA) is 15.7 Å². The van der Waals surface area contributed by atoms with Gasteiger partial charge in [-0.2, -0.15) is 0 Å². The Morgan fingerprint density at radius 2 is 1.84 bits per heavy atom. The van der Waals surface area contributed by atoms with Gasteiger partial charge in [0, 0.05) is 31.2 Å². The van der Waals surface area contributed by atoms with Gasteiger partial charge in [-0.3, -0.25) is 4.90 Å². The Bertz CT molecular complexity index is 429. The van der Waals surface area contributed by atoms with Crippen molar-refractivity contribution in [3.05, 3.63) is 24.3 Å². The molecule has 0 saturated carbocycles. The molecule has 1 heterocycles. The lowest BCUT2D eigenvalue weighted by atomic mass is 9.96. The smallest absolute Gasteiger partial charge is 0.142 e. The predicted molar refractivity (Wildman–Crippen MR) is 81.1 cm³/mol. The summed E-state index contributed by atoms with van der Waals surface area (Å²) in [6.07, 6.45) is 0. The van der Waals surface area contributed by atoms with Crippen LogP contribution < -0.4 is 9.64 Å². The maximum atomic E-state index is 5.51. The highest BCUT2D eigenvalue weighted by Gasteiger charge is 2.35. The zero-order chi connectivity index (χ0) is 14.0. The molecule has 0 unspecified atom stereocenters. The predicted octanol–water partition coefficient (Wildman–Crippen LogP) is 3.00. The van der Waals surface area contributed by atoms with E-state index in [4.69, 9.17) is 4.74 Å². The molecule has 3 nitrogen and oxygen atoms in total. The van der Waals surface area contributed by atoms with Crippen molar-refractivity contribution in [1.29, 1.82) is 0 Å². The maximum absolute atomic E-state index is 5.51. The van der Waals surface area contributed by atoms with E-state index in [2.05, 4.69) is 49.6 Å². The summed E-state index contributed by atoms with van der Waals surface area (Å²) in [5.41, 5.74) is 1.33. The van der Waals surface area contributed by atoms with Gasteiger partial charge in [0.05, 0.1) is 12.8 Å². The molecule has 106 valence electrons. The Labute approximate surface area is 117 Å². The third kappa shape index (κ3) is 2.86. The van der Waals surface area contributed by atoms with E-state index in [0.29, 0.717) is 6.04 Å². The minimum Gasteiger partial charge on any atom is -0.495 e. The van der Waals surface area contributed by atoms with Crippen LogP contribution in [0.1, 0.15) is 27.7 Å². The summed E-state index contributed by atoms with van der Waals surface area (Å²) in [5.74, 6) is 0.966. The highest BCUT2D eigenvalue weighted by molar-refractivity contribution is 5.60. The molecule has 0 aliphatic carbocycles. The summed E-state index contributed by atoms with van der Waals surface area (Å²) >= 11 is 0. The van der Waals surface area contributed by atoms with E-state index < -0.39 is 0 Å². The van der Waals surface area contributed by atoms with Crippen molar-refractivity contribution in [2.75, 3.05) is 31.6 Å². The van der Waals surface area contributed by atoms with Gasteiger partial charge in [-0.05, 0) is 39.8 Å². The normalized spacial score (nSPS) is 19.8. The molecule has 3 heteroatoms.